The highest BCUT2D eigenvalue weighted by Gasteiger charge is 2.15. The lowest BCUT2D eigenvalue weighted by Crippen LogP contribution is -1.86. The molecule has 0 fully saturated rings. The van der Waals surface area contributed by atoms with Gasteiger partial charge in [0.1, 0.15) is 0 Å². The second kappa shape index (κ2) is 3.00. The van der Waals surface area contributed by atoms with Crippen LogP contribution in [0.15, 0.2) is 27.2 Å². The number of allylic oxidation sites excluding steroid dienone is 2. The Labute approximate surface area is 88.9 Å². The second-order valence-corrected chi connectivity index (χ2v) is 4.68. The Hall–Kier alpha value is -0.0800. The summed E-state index contributed by atoms with van der Waals surface area (Å²) in [5, 5.41) is 0. The number of halogens is 2. The molecule has 0 spiro atoms. The van der Waals surface area contributed by atoms with Gasteiger partial charge < -0.3 is 0 Å². The minimum Gasteiger partial charge on any atom is -0.0765 e. The normalized spacial score (nSPS) is 14.4. The molecule has 0 unspecified atom stereocenters. The molecule has 2 rings (SSSR count). The summed E-state index contributed by atoms with van der Waals surface area (Å²) in [4.78, 5) is 0. The maximum Gasteiger partial charge on any atom is 0.0253 e. The summed E-state index contributed by atoms with van der Waals surface area (Å²) in [6.07, 6.45) is 3.32. The molecular weight excluding hydrogens is 280 g/mol. The van der Waals surface area contributed by atoms with Crippen molar-refractivity contribution in [3.63, 3.8) is 0 Å². The summed E-state index contributed by atoms with van der Waals surface area (Å²) >= 11 is 7.11. The topological polar surface area (TPSA) is 0 Å². The van der Waals surface area contributed by atoms with Crippen molar-refractivity contribution in [2.75, 3.05) is 0 Å². The monoisotopic (exact) mass is 286 g/mol. The van der Waals surface area contributed by atoms with Crippen LogP contribution in [0.5, 0.6) is 0 Å². The predicted molar refractivity (Wildman–Crippen MR) is 59.2 cm³/mol. The molecule has 1 aliphatic rings. The molecule has 0 amide bonds. The van der Waals surface area contributed by atoms with Crippen LogP contribution in [0.3, 0.4) is 0 Å². The van der Waals surface area contributed by atoms with E-state index in [1.54, 1.807) is 0 Å². The molecule has 0 N–H and O–H groups in total. The van der Waals surface area contributed by atoms with E-state index in [4.69, 9.17) is 0 Å². The summed E-state index contributed by atoms with van der Waals surface area (Å²) in [7, 11) is 0. The summed E-state index contributed by atoms with van der Waals surface area (Å²) in [6.45, 7) is 2.16. The van der Waals surface area contributed by atoms with Crippen LogP contribution in [0, 0.1) is 0 Å². The van der Waals surface area contributed by atoms with E-state index in [0.717, 1.165) is 6.42 Å². The smallest absolute Gasteiger partial charge is 0.0253 e. The molecule has 1 aromatic rings. The van der Waals surface area contributed by atoms with Crippen molar-refractivity contribution in [2.45, 2.75) is 13.3 Å². The molecule has 0 saturated heterocycles. The lowest BCUT2D eigenvalue weighted by atomic mass is 10.1. The number of fused-ring (bicyclic) bond motifs is 1. The van der Waals surface area contributed by atoms with Crippen LogP contribution in [0.25, 0.3) is 5.57 Å². The van der Waals surface area contributed by atoms with Crippen molar-refractivity contribution in [1.82, 2.24) is 0 Å². The first-order valence-electron chi connectivity index (χ1n) is 3.84. The lowest BCUT2D eigenvalue weighted by Gasteiger charge is -2.06. The first kappa shape index (κ1) is 8.52. The fourth-order valence-corrected chi connectivity index (χ4v) is 2.75. The molecule has 0 aromatic heterocycles. The van der Waals surface area contributed by atoms with E-state index in [-0.39, 0.29) is 0 Å². The van der Waals surface area contributed by atoms with E-state index in [1.165, 1.54) is 25.6 Å². The zero-order valence-corrected chi connectivity index (χ0v) is 9.87. The van der Waals surface area contributed by atoms with Gasteiger partial charge in [-0.25, -0.2) is 0 Å². The van der Waals surface area contributed by atoms with E-state index >= 15 is 0 Å². The molecule has 62 valence electrons. The molecule has 0 aliphatic heterocycles. The van der Waals surface area contributed by atoms with Crippen molar-refractivity contribution in [3.8, 4) is 0 Å². The maximum atomic E-state index is 3.56. The third kappa shape index (κ3) is 1.17. The van der Waals surface area contributed by atoms with Crippen LogP contribution >= 0.6 is 31.9 Å². The fourth-order valence-electron chi connectivity index (χ4n) is 1.58. The Morgan fingerprint density at radius 1 is 1.17 bits per heavy atom. The van der Waals surface area contributed by atoms with Gasteiger partial charge >= 0.3 is 0 Å². The minimum absolute atomic E-state index is 1.06. The molecule has 2 heteroatoms. The van der Waals surface area contributed by atoms with E-state index < -0.39 is 0 Å². The average Bonchev–Trinajstić information content (AvgIpc) is 2.42. The third-order valence-corrected chi connectivity index (χ3v) is 3.62. The van der Waals surface area contributed by atoms with Crippen LogP contribution < -0.4 is 0 Å². The Bertz CT molecular complexity index is 364. The van der Waals surface area contributed by atoms with Gasteiger partial charge in [0.25, 0.3) is 0 Å². The number of rotatable bonds is 0. The summed E-state index contributed by atoms with van der Waals surface area (Å²) in [6, 6.07) is 4.18. The van der Waals surface area contributed by atoms with Gasteiger partial charge in [-0.3, -0.25) is 0 Å². The summed E-state index contributed by atoms with van der Waals surface area (Å²) in [5.74, 6) is 0. The SMILES string of the molecule is CC1=CCc2c(Br)ccc(Br)c21. The largest absolute Gasteiger partial charge is 0.0765 e. The van der Waals surface area contributed by atoms with E-state index in [0.29, 0.717) is 0 Å². The lowest BCUT2D eigenvalue weighted by molar-refractivity contribution is 1.28. The van der Waals surface area contributed by atoms with Crippen LogP contribution in [0.1, 0.15) is 18.1 Å². The minimum atomic E-state index is 1.06. The molecule has 1 aromatic carbocycles. The highest BCUT2D eigenvalue weighted by atomic mass is 79.9. The Kier molecular flexibility index (Phi) is 2.13. The van der Waals surface area contributed by atoms with Gasteiger partial charge in [-0.15, -0.1) is 0 Å². The molecule has 12 heavy (non-hydrogen) atoms. The molecule has 0 bridgehead atoms. The molecule has 0 saturated carbocycles. The van der Waals surface area contributed by atoms with Gasteiger partial charge in [-0.2, -0.15) is 0 Å². The number of hydrogen-bond acceptors (Lipinski definition) is 0. The molecule has 0 radical (unpaired) electrons. The Balaban J connectivity index is 2.71. The van der Waals surface area contributed by atoms with Crippen LogP contribution in [-0.2, 0) is 6.42 Å². The van der Waals surface area contributed by atoms with E-state index in [1.807, 2.05) is 0 Å². The van der Waals surface area contributed by atoms with Gasteiger partial charge in [0, 0.05) is 8.95 Å². The van der Waals surface area contributed by atoms with E-state index in [9.17, 15) is 0 Å². The summed E-state index contributed by atoms with van der Waals surface area (Å²) in [5.41, 5.74) is 4.14. The van der Waals surface area contributed by atoms with Crippen molar-refractivity contribution in [1.29, 1.82) is 0 Å². The molecule has 0 heterocycles. The quantitative estimate of drug-likeness (QED) is 0.672. The van der Waals surface area contributed by atoms with Crippen LogP contribution in [0.2, 0.25) is 0 Å². The zero-order valence-electron chi connectivity index (χ0n) is 6.70. The Morgan fingerprint density at radius 2 is 1.83 bits per heavy atom. The van der Waals surface area contributed by atoms with Crippen LogP contribution in [0.4, 0.5) is 0 Å². The van der Waals surface area contributed by atoms with Gasteiger partial charge in [0.2, 0.25) is 0 Å². The number of hydrogen-bond donors (Lipinski definition) is 0. The van der Waals surface area contributed by atoms with Crippen molar-refractivity contribution in [3.05, 3.63) is 38.3 Å². The Morgan fingerprint density at radius 3 is 2.50 bits per heavy atom. The molecular formula is C10H8Br2. The van der Waals surface area contributed by atoms with Gasteiger partial charge in [-0.05, 0) is 42.2 Å². The third-order valence-electron chi connectivity index (χ3n) is 2.21. The molecule has 0 nitrogen and oxygen atoms in total. The van der Waals surface area contributed by atoms with Crippen molar-refractivity contribution < 1.29 is 0 Å². The standard InChI is InChI=1S/C10H8Br2/c1-6-2-3-7-8(11)4-5-9(12)10(6)7/h2,4-5H,3H2,1H3. The van der Waals surface area contributed by atoms with Gasteiger partial charge in [-0.1, -0.05) is 37.9 Å². The zero-order chi connectivity index (χ0) is 8.72. The predicted octanol–water partition coefficient (Wildman–Crippen LogP) is 4.17. The van der Waals surface area contributed by atoms with Gasteiger partial charge in [0.15, 0.2) is 0 Å². The maximum absolute atomic E-state index is 3.56. The molecule has 1 aliphatic carbocycles. The molecule has 0 atom stereocenters. The highest BCUT2D eigenvalue weighted by Crippen LogP contribution is 2.37. The summed E-state index contributed by atoms with van der Waals surface area (Å²) < 4.78 is 2.42. The first-order chi connectivity index (χ1) is 5.70. The van der Waals surface area contributed by atoms with E-state index in [2.05, 4.69) is 57.0 Å². The highest BCUT2D eigenvalue weighted by molar-refractivity contribution is 9.11. The first-order valence-corrected chi connectivity index (χ1v) is 5.43. The fraction of sp³-hybridized carbons (Fsp3) is 0.200. The van der Waals surface area contributed by atoms with Crippen LogP contribution in [-0.4, -0.2) is 0 Å². The number of benzene rings is 1. The average molecular weight is 288 g/mol. The van der Waals surface area contributed by atoms with Crippen molar-refractivity contribution >= 4 is 37.4 Å². The van der Waals surface area contributed by atoms with Gasteiger partial charge in [0.05, 0.1) is 0 Å². The second-order valence-electron chi connectivity index (χ2n) is 2.97. The van der Waals surface area contributed by atoms with Crippen molar-refractivity contribution in [2.24, 2.45) is 0 Å².